The van der Waals surface area contributed by atoms with E-state index in [9.17, 15) is 8.42 Å². The number of anilines is 1. The molecule has 204 valence electrons. The van der Waals surface area contributed by atoms with Crippen molar-refractivity contribution in [3.63, 3.8) is 0 Å². The molecule has 0 saturated heterocycles. The molecule has 2 aromatic carbocycles. The van der Waals surface area contributed by atoms with Crippen molar-refractivity contribution in [3.05, 3.63) is 121 Å². The molecule has 0 amide bonds. The summed E-state index contributed by atoms with van der Waals surface area (Å²) in [6.07, 6.45) is 13.6. The van der Waals surface area contributed by atoms with Crippen molar-refractivity contribution in [1.82, 2.24) is 4.98 Å². The maximum absolute atomic E-state index is 12.9. The number of allylic oxidation sites excluding steroid dienone is 3. The first-order valence-electron chi connectivity index (χ1n) is 13.2. The fourth-order valence-corrected chi connectivity index (χ4v) is 6.16. The van der Waals surface area contributed by atoms with Crippen molar-refractivity contribution in [2.24, 2.45) is 0 Å². The summed E-state index contributed by atoms with van der Waals surface area (Å²) in [7, 11) is -1.99. The SMILES string of the molecule is C=C/C=C(\C=C)CS(=O)(=O)Nc1cccc([C@@H](Cc2ccncc2)c2ccc(OC)c(OC3CCCC3)c2)c1. The summed E-state index contributed by atoms with van der Waals surface area (Å²) in [6, 6.07) is 17.6. The first-order chi connectivity index (χ1) is 18.9. The summed E-state index contributed by atoms with van der Waals surface area (Å²) in [5, 5.41) is 0. The van der Waals surface area contributed by atoms with E-state index in [4.69, 9.17) is 9.47 Å². The van der Waals surface area contributed by atoms with Gasteiger partial charge in [-0.25, -0.2) is 8.42 Å². The smallest absolute Gasteiger partial charge is 0.236 e. The number of hydrogen-bond donors (Lipinski definition) is 1. The van der Waals surface area contributed by atoms with E-state index in [0.29, 0.717) is 23.4 Å². The number of nitrogens with zero attached hydrogens (tertiary/aromatic N) is 1. The molecule has 0 aliphatic heterocycles. The van der Waals surface area contributed by atoms with Crippen LogP contribution in [0.2, 0.25) is 0 Å². The Balaban J connectivity index is 1.68. The Kier molecular flexibility index (Phi) is 9.60. The van der Waals surface area contributed by atoms with Gasteiger partial charge < -0.3 is 9.47 Å². The maximum Gasteiger partial charge on any atom is 0.236 e. The van der Waals surface area contributed by atoms with E-state index in [1.165, 1.54) is 18.9 Å². The fraction of sp³-hybridized carbons (Fsp3) is 0.281. The van der Waals surface area contributed by atoms with Crippen LogP contribution in [-0.4, -0.2) is 32.4 Å². The molecule has 1 fully saturated rings. The zero-order valence-corrected chi connectivity index (χ0v) is 23.2. The number of hydrogen-bond acceptors (Lipinski definition) is 5. The molecule has 1 heterocycles. The Morgan fingerprint density at radius 2 is 1.79 bits per heavy atom. The number of benzene rings is 2. The molecule has 4 rings (SSSR count). The van der Waals surface area contributed by atoms with Crippen LogP contribution in [0.4, 0.5) is 5.69 Å². The Hall–Kier alpha value is -3.84. The Morgan fingerprint density at radius 1 is 1.05 bits per heavy atom. The van der Waals surface area contributed by atoms with Crippen LogP contribution in [0.25, 0.3) is 0 Å². The predicted molar refractivity (Wildman–Crippen MR) is 158 cm³/mol. The second-order valence-electron chi connectivity index (χ2n) is 9.71. The average Bonchev–Trinajstić information content (AvgIpc) is 3.45. The molecule has 6 nitrogen and oxygen atoms in total. The van der Waals surface area contributed by atoms with Gasteiger partial charge in [0.1, 0.15) is 0 Å². The van der Waals surface area contributed by atoms with E-state index in [0.717, 1.165) is 35.3 Å². The van der Waals surface area contributed by atoms with Gasteiger partial charge in [0.05, 0.1) is 19.0 Å². The van der Waals surface area contributed by atoms with Gasteiger partial charge in [0, 0.05) is 24.0 Å². The second-order valence-corrected chi connectivity index (χ2v) is 11.4. The summed E-state index contributed by atoms with van der Waals surface area (Å²) in [5.74, 6) is 1.20. The summed E-state index contributed by atoms with van der Waals surface area (Å²) in [5.41, 5.74) is 4.24. The van der Waals surface area contributed by atoms with Crippen LogP contribution in [0.3, 0.4) is 0 Å². The number of aromatic nitrogens is 1. The fourth-order valence-electron chi connectivity index (χ4n) is 4.95. The van der Waals surface area contributed by atoms with Crippen LogP contribution in [0.1, 0.15) is 48.3 Å². The summed E-state index contributed by atoms with van der Waals surface area (Å²) in [6.45, 7) is 7.34. The maximum atomic E-state index is 12.9. The number of sulfonamides is 1. The Bertz CT molecular complexity index is 1410. The topological polar surface area (TPSA) is 77.5 Å². The molecular weight excluding hydrogens is 508 g/mol. The van der Waals surface area contributed by atoms with Gasteiger partial charge in [-0.05, 0) is 90.8 Å². The van der Waals surface area contributed by atoms with Gasteiger partial charge in [-0.2, -0.15) is 0 Å². The zero-order chi connectivity index (χ0) is 27.7. The molecule has 3 aromatic rings. The predicted octanol–water partition coefficient (Wildman–Crippen LogP) is 6.83. The molecule has 0 unspecified atom stereocenters. The minimum Gasteiger partial charge on any atom is -0.493 e. The molecule has 39 heavy (non-hydrogen) atoms. The van der Waals surface area contributed by atoms with Gasteiger partial charge in [0.25, 0.3) is 0 Å². The van der Waals surface area contributed by atoms with Gasteiger partial charge in [-0.15, -0.1) is 0 Å². The normalized spacial score (nSPS) is 14.9. The van der Waals surface area contributed by atoms with Crippen molar-refractivity contribution in [3.8, 4) is 11.5 Å². The van der Waals surface area contributed by atoms with Crippen LogP contribution >= 0.6 is 0 Å². The summed E-state index contributed by atoms with van der Waals surface area (Å²) < 4.78 is 40.5. The van der Waals surface area contributed by atoms with Crippen LogP contribution in [0.5, 0.6) is 11.5 Å². The highest BCUT2D eigenvalue weighted by Crippen LogP contribution is 2.38. The number of rotatable bonds is 13. The highest BCUT2D eigenvalue weighted by Gasteiger charge is 2.22. The quantitative estimate of drug-likeness (QED) is 0.239. The number of pyridine rings is 1. The Labute approximate surface area is 232 Å². The first-order valence-corrected chi connectivity index (χ1v) is 14.8. The van der Waals surface area contributed by atoms with Crippen molar-refractivity contribution in [2.45, 2.75) is 44.1 Å². The molecule has 0 spiro atoms. The van der Waals surface area contributed by atoms with Crippen LogP contribution in [0.15, 0.2) is 104 Å². The molecular formula is C32H36N2O4S. The number of ether oxygens (including phenoxy) is 2. The largest absolute Gasteiger partial charge is 0.493 e. The third-order valence-corrected chi connectivity index (χ3v) is 8.15. The lowest BCUT2D eigenvalue weighted by Crippen LogP contribution is -2.18. The lowest BCUT2D eigenvalue weighted by molar-refractivity contribution is 0.200. The molecule has 1 aromatic heterocycles. The average molecular weight is 545 g/mol. The van der Waals surface area contributed by atoms with E-state index >= 15 is 0 Å². The molecule has 0 radical (unpaired) electrons. The van der Waals surface area contributed by atoms with E-state index in [2.05, 4.69) is 35.0 Å². The standard InChI is InChI=1S/C32H36N2O4S/c1-4-9-24(5-2)23-39(35,36)34-28-11-8-10-26(21-28)30(20-25-16-18-33-19-17-25)27-14-15-31(37-3)32(22-27)38-29-12-6-7-13-29/h4-5,8-11,14-19,21-22,29-30,34H,1-2,6-7,12-13,20,23H2,3H3/b24-9+/t30-/m1/s1. The monoisotopic (exact) mass is 544 g/mol. The van der Waals surface area contributed by atoms with Crippen LogP contribution in [-0.2, 0) is 16.4 Å². The van der Waals surface area contributed by atoms with Crippen molar-refractivity contribution in [1.29, 1.82) is 0 Å². The number of nitrogens with one attached hydrogen (secondary N) is 1. The zero-order valence-electron chi connectivity index (χ0n) is 22.4. The van der Waals surface area contributed by atoms with Gasteiger partial charge in [0.15, 0.2) is 11.5 Å². The van der Waals surface area contributed by atoms with Crippen LogP contribution < -0.4 is 14.2 Å². The van der Waals surface area contributed by atoms with Crippen molar-refractivity contribution < 1.29 is 17.9 Å². The van der Waals surface area contributed by atoms with E-state index in [-0.39, 0.29) is 17.8 Å². The molecule has 7 heteroatoms. The lowest BCUT2D eigenvalue weighted by Gasteiger charge is -2.22. The molecule has 1 N–H and O–H groups in total. The highest BCUT2D eigenvalue weighted by atomic mass is 32.2. The van der Waals surface area contributed by atoms with Gasteiger partial charge in [0.2, 0.25) is 10.0 Å². The van der Waals surface area contributed by atoms with E-state index in [1.54, 1.807) is 37.7 Å². The van der Waals surface area contributed by atoms with E-state index in [1.807, 2.05) is 36.4 Å². The van der Waals surface area contributed by atoms with Crippen molar-refractivity contribution >= 4 is 15.7 Å². The second kappa shape index (κ2) is 13.3. The molecule has 1 saturated carbocycles. The molecule has 1 aliphatic rings. The van der Waals surface area contributed by atoms with Gasteiger partial charge >= 0.3 is 0 Å². The minimum atomic E-state index is -3.65. The Morgan fingerprint density at radius 3 is 2.49 bits per heavy atom. The van der Waals surface area contributed by atoms with Crippen molar-refractivity contribution in [2.75, 3.05) is 17.6 Å². The summed E-state index contributed by atoms with van der Waals surface area (Å²) >= 11 is 0. The van der Waals surface area contributed by atoms with Crippen LogP contribution in [0, 0.1) is 0 Å². The third kappa shape index (κ3) is 7.83. The number of methoxy groups -OCH3 is 1. The lowest BCUT2D eigenvalue weighted by atomic mass is 9.86. The third-order valence-electron chi connectivity index (χ3n) is 6.89. The summed E-state index contributed by atoms with van der Waals surface area (Å²) in [4.78, 5) is 4.16. The van der Waals surface area contributed by atoms with Gasteiger partial charge in [-0.1, -0.05) is 49.6 Å². The first kappa shape index (κ1) is 28.2. The van der Waals surface area contributed by atoms with Gasteiger partial charge in [-0.3, -0.25) is 9.71 Å². The minimum absolute atomic E-state index is 0.0573. The van der Waals surface area contributed by atoms with E-state index < -0.39 is 10.0 Å². The highest BCUT2D eigenvalue weighted by molar-refractivity contribution is 7.92. The molecule has 0 bridgehead atoms. The molecule has 1 atom stereocenters. The molecule has 1 aliphatic carbocycles.